The molecule has 20 heavy (non-hydrogen) atoms. The van der Waals surface area contributed by atoms with Crippen molar-refractivity contribution in [2.45, 2.75) is 13.0 Å². The minimum atomic E-state index is -0.532. The Morgan fingerprint density at radius 2 is 2.15 bits per heavy atom. The van der Waals surface area contributed by atoms with Gasteiger partial charge in [-0.2, -0.15) is 0 Å². The molecule has 1 heterocycles. The predicted octanol–water partition coefficient (Wildman–Crippen LogP) is 2.70. The minimum Gasteiger partial charge on any atom is -0.347 e. The molecule has 0 N–H and O–H groups in total. The number of aryl methyl sites for hydroxylation is 1. The van der Waals surface area contributed by atoms with Crippen molar-refractivity contribution in [3.63, 3.8) is 0 Å². The van der Waals surface area contributed by atoms with E-state index >= 15 is 0 Å². The maximum atomic E-state index is 13.6. The van der Waals surface area contributed by atoms with Gasteiger partial charge in [-0.25, -0.2) is 9.37 Å². The molecular formula is C13H14Cl2FN3O. The summed E-state index contributed by atoms with van der Waals surface area (Å²) in [6.45, 7) is 0.0940. The Labute approximate surface area is 126 Å². The second kappa shape index (κ2) is 5.97. The van der Waals surface area contributed by atoms with Crippen molar-refractivity contribution in [3.05, 3.63) is 28.8 Å². The molecule has 0 atom stereocenters. The number of nitrogens with zero attached hydrogens (tertiary/aromatic N) is 3. The molecule has 0 aliphatic heterocycles. The average molecular weight is 318 g/mol. The van der Waals surface area contributed by atoms with Crippen LogP contribution in [0.2, 0.25) is 5.02 Å². The van der Waals surface area contributed by atoms with Crippen molar-refractivity contribution in [3.8, 4) is 0 Å². The second-order valence-corrected chi connectivity index (χ2v) is 5.38. The van der Waals surface area contributed by atoms with Gasteiger partial charge >= 0.3 is 0 Å². The lowest BCUT2D eigenvalue weighted by Crippen LogP contribution is -2.27. The first-order valence-corrected chi connectivity index (χ1v) is 6.95. The van der Waals surface area contributed by atoms with E-state index in [4.69, 9.17) is 23.2 Å². The zero-order valence-corrected chi connectivity index (χ0v) is 12.7. The lowest BCUT2D eigenvalue weighted by Gasteiger charge is -2.13. The average Bonchev–Trinajstić information content (AvgIpc) is 2.68. The number of imidazole rings is 1. The van der Waals surface area contributed by atoms with Gasteiger partial charge < -0.3 is 9.47 Å². The van der Waals surface area contributed by atoms with Gasteiger partial charge in [-0.3, -0.25) is 4.79 Å². The summed E-state index contributed by atoms with van der Waals surface area (Å²) >= 11 is 11.5. The van der Waals surface area contributed by atoms with Crippen LogP contribution in [0.4, 0.5) is 4.39 Å². The number of benzene rings is 1. The zero-order valence-electron chi connectivity index (χ0n) is 11.2. The highest BCUT2D eigenvalue weighted by atomic mass is 35.5. The zero-order chi connectivity index (χ0) is 14.9. The molecule has 0 fully saturated rings. The smallest absolute Gasteiger partial charge is 0.242 e. The molecule has 1 amide bonds. The molecule has 0 aliphatic rings. The Balaban J connectivity index is 2.55. The Morgan fingerprint density at radius 3 is 2.75 bits per heavy atom. The molecule has 0 saturated heterocycles. The normalized spacial score (nSPS) is 11.1. The first kappa shape index (κ1) is 15.1. The Bertz CT molecular complexity index is 655. The summed E-state index contributed by atoms with van der Waals surface area (Å²) in [5, 5.41) is 0.0125. The van der Waals surface area contributed by atoms with E-state index in [0.29, 0.717) is 29.2 Å². The number of likely N-dealkylation sites (N-methyl/N-ethyl adjacent to an activating group) is 1. The van der Waals surface area contributed by atoms with Crippen molar-refractivity contribution in [1.82, 2.24) is 14.5 Å². The number of hydrogen-bond acceptors (Lipinski definition) is 2. The van der Waals surface area contributed by atoms with E-state index in [1.54, 1.807) is 18.7 Å². The molecule has 4 nitrogen and oxygen atoms in total. The van der Waals surface area contributed by atoms with E-state index in [1.165, 1.54) is 17.0 Å². The standard InChI is InChI=1S/C13H14Cl2FN3O/c1-18(2)13(20)7-19-11-6-9(16)8(15)5-10(11)17-12(19)3-4-14/h5-6H,3-4,7H2,1-2H3. The van der Waals surface area contributed by atoms with E-state index in [0.717, 1.165) is 0 Å². The van der Waals surface area contributed by atoms with Crippen molar-refractivity contribution >= 4 is 40.1 Å². The third kappa shape index (κ3) is 2.88. The highest BCUT2D eigenvalue weighted by Gasteiger charge is 2.16. The number of rotatable bonds is 4. The summed E-state index contributed by atoms with van der Waals surface area (Å²) in [6, 6.07) is 2.76. The van der Waals surface area contributed by atoms with E-state index < -0.39 is 5.82 Å². The number of hydrogen-bond donors (Lipinski definition) is 0. The molecule has 0 unspecified atom stereocenters. The maximum Gasteiger partial charge on any atom is 0.242 e. The Hall–Kier alpha value is -1.33. The Kier molecular flexibility index (Phi) is 4.50. The molecular weight excluding hydrogens is 304 g/mol. The van der Waals surface area contributed by atoms with E-state index in [1.807, 2.05) is 0 Å². The van der Waals surface area contributed by atoms with Crippen molar-refractivity contribution in [1.29, 1.82) is 0 Å². The summed E-state index contributed by atoms with van der Waals surface area (Å²) in [5.74, 6) is 0.382. The number of alkyl halides is 1. The topological polar surface area (TPSA) is 38.1 Å². The number of aromatic nitrogens is 2. The molecule has 7 heteroatoms. The van der Waals surface area contributed by atoms with E-state index in [2.05, 4.69) is 4.98 Å². The van der Waals surface area contributed by atoms with Crippen LogP contribution in [0.25, 0.3) is 11.0 Å². The molecule has 0 radical (unpaired) electrons. The molecule has 0 saturated carbocycles. The highest BCUT2D eigenvalue weighted by molar-refractivity contribution is 6.31. The third-order valence-electron chi connectivity index (χ3n) is 2.98. The lowest BCUT2D eigenvalue weighted by molar-refractivity contribution is -0.129. The molecule has 1 aromatic heterocycles. The second-order valence-electron chi connectivity index (χ2n) is 4.60. The van der Waals surface area contributed by atoms with E-state index in [9.17, 15) is 9.18 Å². The summed E-state index contributed by atoms with van der Waals surface area (Å²) in [6.07, 6.45) is 0.496. The fraction of sp³-hybridized carbons (Fsp3) is 0.385. The monoisotopic (exact) mass is 317 g/mol. The van der Waals surface area contributed by atoms with Crippen LogP contribution in [0.15, 0.2) is 12.1 Å². The quantitative estimate of drug-likeness (QED) is 0.813. The molecule has 0 bridgehead atoms. The minimum absolute atomic E-state index is 0.0125. The molecule has 2 aromatic rings. The third-order valence-corrected chi connectivity index (χ3v) is 3.46. The van der Waals surface area contributed by atoms with Crippen LogP contribution in [0.1, 0.15) is 5.82 Å². The van der Waals surface area contributed by atoms with Crippen LogP contribution < -0.4 is 0 Å². The van der Waals surface area contributed by atoms with Crippen LogP contribution in [-0.4, -0.2) is 40.3 Å². The fourth-order valence-corrected chi connectivity index (χ4v) is 2.23. The molecule has 2 rings (SSSR count). The number of carbonyl (C=O) groups is 1. The lowest BCUT2D eigenvalue weighted by atomic mass is 10.3. The number of fused-ring (bicyclic) bond motifs is 1. The molecule has 0 spiro atoms. The highest BCUT2D eigenvalue weighted by Crippen LogP contribution is 2.24. The van der Waals surface area contributed by atoms with Crippen molar-refractivity contribution in [2.75, 3.05) is 20.0 Å². The van der Waals surface area contributed by atoms with Gasteiger partial charge in [0.2, 0.25) is 5.91 Å². The molecule has 108 valence electrons. The summed E-state index contributed by atoms with van der Waals surface area (Å²) in [5.41, 5.74) is 1.10. The number of carbonyl (C=O) groups excluding carboxylic acids is 1. The summed E-state index contributed by atoms with van der Waals surface area (Å²) in [4.78, 5) is 17.7. The Morgan fingerprint density at radius 1 is 1.45 bits per heavy atom. The first-order valence-electron chi connectivity index (χ1n) is 6.04. The van der Waals surface area contributed by atoms with Gasteiger partial charge in [-0.05, 0) is 6.07 Å². The van der Waals surface area contributed by atoms with Crippen LogP contribution in [0.5, 0.6) is 0 Å². The van der Waals surface area contributed by atoms with Gasteiger partial charge in [0.15, 0.2) is 0 Å². The van der Waals surface area contributed by atoms with Crippen molar-refractivity contribution in [2.24, 2.45) is 0 Å². The van der Waals surface area contributed by atoms with Gasteiger partial charge in [0.1, 0.15) is 18.2 Å². The molecule has 0 aliphatic carbocycles. The van der Waals surface area contributed by atoms with Gasteiger partial charge in [-0.1, -0.05) is 11.6 Å². The van der Waals surface area contributed by atoms with Crippen molar-refractivity contribution < 1.29 is 9.18 Å². The number of halogens is 3. The van der Waals surface area contributed by atoms with Crippen LogP contribution in [0, 0.1) is 5.82 Å². The predicted molar refractivity (Wildman–Crippen MR) is 77.8 cm³/mol. The summed E-state index contributed by atoms with van der Waals surface area (Å²) in [7, 11) is 3.33. The van der Waals surface area contributed by atoms with Gasteiger partial charge in [0.05, 0.1) is 16.1 Å². The fourth-order valence-electron chi connectivity index (χ4n) is 1.90. The first-order chi connectivity index (χ1) is 9.43. The molecule has 1 aromatic carbocycles. The van der Waals surface area contributed by atoms with Crippen LogP contribution in [-0.2, 0) is 17.8 Å². The van der Waals surface area contributed by atoms with E-state index in [-0.39, 0.29) is 17.5 Å². The van der Waals surface area contributed by atoms with Crippen LogP contribution in [0.3, 0.4) is 0 Å². The van der Waals surface area contributed by atoms with Gasteiger partial charge in [0.25, 0.3) is 0 Å². The van der Waals surface area contributed by atoms with Gasteiger partial charge in [0, 0.05) is 32.5 Å². The number of amides is 1. The van der Waals surface area contributed by atoms with Gasteiger partial charge in [-0.15, -0.1) is 11.6 Å². The maximum absolute atomic E-state index is 13.6. The largest absolute Gasteiger partial charge is 0.347 e. The SMILES string of the molecule is CN(C)C(=O)Cn1c(CCCl)nc2cc(Cl)c(F)cc21. The van der Waals surface area contributed by atoms with Crippen LogP contribution >= 0.6 is 23.2 Å². The summed E-state index contributed by atoms with van der Waals surface area (Å²) < 4.78 is 15.3.